The number of benzene rings is 1. The first kappa shape index (κ1) is 11.9. The van der Waals surface area contributed by atoms with Crippen LogP contribution < -0.4 is 5.32 Å². The lowest BCUT2D eigenvalue weighted by molar-refractivity contribution is 0.0495. The first-order valence-electron chi connectivity index (χ1n) is 6.05. The van der Waals surface area contributed by atoms with Gasteiger partial charge >= 0.3 is 0 Å². The largest absolute Gasteiger partial charge is 0.316 e. The van der Waals surface area contributed by atoms with E-state index in [4.69, 9.17) is 11.6 Å². The summed E-state index contributed by atoms with van der Waals surface area (Å²) in [6.45, 7) is 4.64. The number of rotatable bonds is 3. The predicted molar refractivity (Wildman–Crippen MR) is 70.1 cm³/mol. The fraction of sp³-hybridized carbons (Fsp3) is 0.571. The van der Waals surface area contributed by atoms with Gasteiger partial charge in [0.2, 0.25) is 0 Å². The Morgan fingerprint density at radius 3 is 2.69 bits per heavy atom. The third-order valence-corrected chi connectivity index (χ3v) is 4.80. The van der Waals surface area contributed by atoms with Crippen LogP contribution in [0, 0.1) is 5.41 Å². The van der Waals surface area contributed by atoms with Gasteiger partial charge in [-0.1, -0.05) is 43.6 Å². The van der Waals surface area contributed by atoms with Crippen molar-refractivity contribution >= 4 is 11.6 Å². The van der Waals surface area contributed by atoms with Crippen molar-refractivity contribution in [1.82, 2.24) is 5.32 Å². The quantitative estimate of drug-likeness (QED) is 0.843. The summed E-state index contributed by atoms with van der Waals surface area (Å²) in [5.74, 6) is 0.601. The lowest BCUT2D eigenvalue weighted by Crippen LogP contribution is -2.55. The van der Waals surface area contributed by atoms with Gasteiger partial charge in [-0.15, -0.1) is 0 Å². The van der Waals surface area contributed by atoms with Crippen molar-refractivity contribution in [1.29, 1.82) is 0 Å². The van der Waals surface area contributed by atoms with Crippen LogP contribution in [0.2, 0.25) is 5.02 Å². The van der Waals surface area contributed by atoms with Crippen LogP contribution in [0.25, 0.3) is 0 Å². The van der Waals surface area contributed by atoms with Crippen LogP contribution >= 0.6 is 11.6 Å². The Bertz CT molecular complexity index is 377. The second-order valence-electron chi connectivity index (χ2n) is 5.01. The average molecular weight is 238 g/mol. The fourth-order valence-electron chi connectivity index (χ4n) is 3.04. The van der Waals surface area contributed by atoms with Crippen molar-refractivity contribution in [3.8, 4) is 0 Å². The minimum atomic E-state index is 0.347. The summed E-state index contributed by atoms with van der Waals surface area (Å²) in [7, 11) is 2.06. The number of hydrogen-bond acceptors (Lipinski definition) is 1. The minimum Gasteiger partial charge on any atom is -0.316 e. The zero-order valence-corrected chi connectivity index (χ0v) is 11.0. The molecule has 1 aliphatic rings. The van der Waals surface area contributed by atoms with Crippen LogP contribution in [0.3, 0.4) is 0 Å². The van der Waals surface area contributed by atoms with Crippen molar-refractivity contribution in [2.24, 2.45) is 5.41 Å². The van der Waals surface area contributed by atoms with Crippen molar-refractivity contribution < 1.29 is 0 Å². The summed E-state index contributed by atoms with van der Waals surface area (Å²) in [6.07, 6.45) is 2.39. The molecule has 0 heterocycles. The van der Waals surface area contributed by atoms with Gasteiger partial charge in [0, 0.05) is 11.1 Å². The Morgan fingerprint density at radius 2 is 2.12 bits per heavy atom. The smallest absolute Gasteiger partial charge is 0.0441 e. The topological polar surface area (TPSA) is 12.0 Å². The van der Waals surface area contributed by atoms with Gasteiger partial charge in [-0.25, -0.2) is 0 Å². The Morgan fingerprint density at radius 1 is 1.44 bits per heavy atom. The molecule has 0 amide bonds. The van der Waals surface area contributed by atoms with Gasteiger partial charge < -0.3 is 5.32 Å². The molecule has 0 radical (unpaired) electrons. The molecule has 0 saturated heterocycles. The molecule has 88 valence electrons. The molecule has 1 aliphatic carbocycles. The van der Waals surface area contributed by atoms with Gasteiger partial charge in [0.1, 0.15) is 0 Å². The SMILES string of the molecule is CCC1(C)C(NC)CC1c1ccccc1Cl. The molecule has 0 aliphatic heterocycles. The van der Waals surface area contributed by atoms with Crippen molar-refractivity contribution in [2.75, 3.05) is 7.05 Å². The molecule has 2 rings (SSSR count). The summed E-state index contributed by atoms with van der Waals surface area (Å²) in [4.78, 5) is 0. The highest BCUT2D eigenvalue weighted by Crippen LogP contribution is 2.55. The van der Waals surface area contributed by atoms with Crippen molar-refractivity contribution in [3.63, 3.8) is 0 Å². The van der Waals surface area contributed by atoms with E-state index in [0.717, 1.165) is 5.02 Å². The maximum absolute atomic E-state index is 6.29. The number of hydrogen-bond donors (Lipinski definition) is 1. The van der Waals surface area contributed by atoms with E-state index in [2.05, 4.69) is 38.3 Å². The van der Waals surface area contributed by atoms with Crippen molar-refractivity contribution in [2.45, 2.75) is 38.6 Å². The Hall–Kier alpha value is -0.530. The van der Waals surface area contributed by atoms with Gasteiger partial charge in [0.05, 0.1) is 0 Å². The van der Waals surface area contributed by atoms with Crippen LogP contribution in [0.4, 0.5) is 0 Å². The minimum absolute atomic E-state index is 0.347. The van der Waals surface area contributed by atoms with E-state index in [-0.39, 0.29) is 0 Å². The maximum Gasteiger partial charge on any atom is 0.0441 e. The van der Waals surface area contributed by atoms with E-state index in [1.54, 1.807) is 0 Å². The molecule has 1 nitrogen and oxygen atoms in total. The van der Waals surface area contributed by atoms with Gasteiger partial charge in [-0.05, 0) is 42.9 Å². The van der Waals surface area contributed by atoms with Gasteiger partial charge in [0.15, 0.2) is 0 Å². The molecule has 1 fully saturated rings. The lowest BCUT2D eigenvalue weighted by Gasteiger charge is -2.54. The zero-order valence-electron chi connectivity index (χ0n) is 10.3. The van der Waals surface area contributed by atoms with Gasteiger partial charge in [-0.3, -0.25) is 0 Å². The van der Waals surface area contributed by atoms with Crippen LogP contribution in [0.15, 0.2) is 24.3 Å². The standard InChI is InChI=1S/C14H20ClN/c1-4-14(2)11(9-13(14)16-3)10-7-5-6-8-12(10)15/h5-8,11,13,16H,4,9H2,1-3H3. The highest BCUT2D eigenvalue weighted by molar-refractivity contribution is 6.31. The molecule has 3 unspecified atom stereocenters. The summed E-state index contributed by atoms with van der Waals surface area (Å²) >= 11 is 6.29. The summed E-state index contributed by atoms with van der Waals surface area (Å²) < 4.78 is 0. The van der Waals surface area contributed by atoms with Crippen LogP contribution in [-0.4, -0.2) is 13.1 Å². The van der Waals surface area contributed by atoms with E-state index in [9.17, 15) is 0 Å². The molecular weight excluding hydrogens is 218 g/mol. The van der Waals surface area contributed by atoms with Crippen LogP contribution in [-0.2, 0) is 0 Å². The zero-order chi connectivity index (χ0) is 11.8. The molecule has 0 aromatic heterocycles. The maximum atomic E-state index is 6.29. The Balaban J connectivity index is 2.28. The van der Waals surface area contributed by atoms with E-state index in [1.807, 2.05) is 12.1 Å². The summed E-state index contributed by atoms with van der Waals surface area (Å²) in [5.41, 5.74) is 1.67. The summed E-state index contributed by atoms with van der Waals surface area (Å²) in [5, 5.41) is 4.34. The third kappa shape index (κ3) is 1.66. The van der Waals surface area contributed by atoms with Crippen molar-refractivity contribution in [3.05, 3.63) is 34.9 Å². The lowest BCUT2D eigenvalue weighted by atomic mass is 9.54. The highest BCUT2D eigenvalue weighted by atomic mass is 35.5. The van der Waals surface area contributed by atoms with Crippen LogP contribution in [0.5, 0.6) is 0 Å². The predicted octanol–water partition coefficient (Wildman–Crippen LogP) is 3.83. The first-order chi connectivity index (χ1) is 7.63. The van der Waals surface area contributed by atoms with Crippen LogP contribution in [0.1, 0.15) is 38.2 Å². The molecule has 1 N–H and O–H groups in total. The molecule has 16 heavy (non-hydrogen) atoms. The Kier molecular flexibility index (Phi) is 3.27. The number of halogens is 1. The normalized spacial score (nSPS) is 33.5. The highest BCUT2D eigenvalue weighted by Gasteiger charge is 2.50. The second kappa shape index (κ2) is 4.38. The molecule has 1 aromatic carbocycles. The molecule has 3 atom stereocenters. The molecule has 0 bridgehead atoms. The molecule has 0 spiro atoms. The second-order valence-corrected chi connectivity index (χ2v) is 5.42. The molecule has 2 heteroatoms. The average Bonchev–Trinajstić information content (AvgIpc) is 2.29. The van der Waals surface area contributed by atoms with E-state index >= 15 is 0 Å². The molecule has 1 saturated carbocycles. The monoisotopic (exact) mass is 237 g/mol. The summed E-state index contributed by atoms with van der Waals surface area (Å²) in [6, 6.07) is 8.89. The van der Waals surface area contributed by atoms with E-state index in [1.165, 1.54) is 18.4 Å². The van der Waals surface area contributed by atoms with E-state index < -0.39 is 0 Å². The Labute approximate surface area is 103 Å². The van der Waals surface area contributed by atoms with E-state index in [0.29, 0.717) is 17.4 Å². The third-order valence-electron chi connectivity index (χ3n) is 4.45. The molecule has 1 aromatic rings. The fourth-order valence-corrected chi connectivity index (χ4v) is 3.30. The number of nitrogens with one attached hydrogen (secondary N) is 1. The first-order valence-corrected chi connectivity index (χ1v) is 6.43. The molecular formula is C14H20ClN. The van der Waals surface area contributed by atoms with Gasteiger partial charge in [0.25, 0.3) is 0 Å². The van der Waals surface area contributed by atoms with Gasteiger partial charge in [-0.2, -0.15) is 0 Å².